The smallest absolute Gasteiger partial charge is 0.0599 e. The maximum atomic E-state index is 5.16. The van der Waals surface area contributed by atoms with E-state index in [2.05, 4.69) is 23.1 Å². The Balaban J connectivity index is 3.32. The van der Waals surface area contributed by atoms with Gasteiger partial charge in [0.1, 0.15) is 0 Å². The van der Waals surface area contributed by atoms with Crippen LogP contribution in [0, 0.1) is 12.3 Å². The molecule has 0 bridgehead atoms. The van der Waals surface area contributed by atoms with Gasteiger partial charge in [-0.2, -0.15) is 0 Å². The third kappa shape index (κ3) is 4.37. The van der Waals surface area contributed by atoms with Gasteiger partial charge in [-0.05, 0) is 13.6 Å². The number of rotatable bonds is 5. The highest BCUT2D eigenvalue weighted by atomic mass is 15.1. The van der Waals surface area contributed by atoms with E-state index in [1.807, 2.05) is 7.05 Å². The lowest BCUT2D eigenvalue weighted by Gasteiger charge is -2.16. The molecule has 58 valence electrons. The Labute approximate surface area is 63.6 Å². The highest BCUT2D eigenvalue weighted by molar-refractivity contribution is 4.87. The van der Waals surface area contributed by atoms with E-state index in [4.69, 9.17) is 6.42 Å². The van der Waals surface area contributed by atoms with Crippen LogP contribution in [0.2, 0.25) is 0 Å². The van der Waals surface area contributed by atoms with Crippen LogP contribution in [-0.2, 0) is 0 Å². The molecule has 0 atom stereocenters. The van der Waals surface area contributed by atoms with Crippen molar-refractivity contribution in [3.63, 3.8) is 0 Å². The molecule has 0 spiro atoms. The van der Waals surface area contributed by atoms with Crippen LogP contribution in [-0.4, -0.2) is 38.1 Å². The molecule has 10 heavy (non-hydrogen) atoms. The molecule has 0 aliphatic carbocycles. The van der Waals surface area contributed by atoms with Crippen LogP contribution in [0.3, 0.4) is 0 Å². The Morgan fingerprint density at radius 2 is 2.30 bits per heavy atom. The normalized spacial score (nSPS) is 9.80. The minimum absolute atomic E-state index is 0.762. The van der Waals surface area contributed by atoms with Gasteiger partial charge in [0.15, 0.2) is 0 Å². The third-order valence-corrected chi connectivity index (χ3v) is 1.44. The van der Waals surface area contributed by atoms with Crippen molar-refractivity contribution in [2.24, 2.45) is 0 Å². The minimum atomic E-state index is 0.762. The topological polar surface area (TPSA) is 15.3 Å². The lowest BCUT2D eigenvalue weighted by Crippen LogP contribution is -2.30. The second-order valence-corrected chi connectivity index (χ2v) is 2.18. The quantitative estimate of drug-likeness (QED) is 0.547. The summed E-state index contributed by atoms with van der Waals surface area (Å²) in [6.07, 6.45) is 5.16. The van der Waals surface area contributed by atoms with Gasteiger partial charge < -0.3 is 5.32 Å². The van der Waals surface area contributed by atoms with E-state index in [1.165, 1.54) is 0 Å². The van der Waals surface area contributed by atoms with Crippen molar-refractivity contribution >= 4 is 0 Å². The molecule has 1 N–H and O–H groups in total. The van der Waals surface area contributed by atoms with E-state index in [1.54, 1.807) is 0 Å². The molecular formula is C8H16N2. The Kier molecular flexibility index (Phi) is 6.25. The van der Waals surface area contributed by atoms with E-state index < -0.39 is 0 Å². The van der Waals surface area contributed by atoms with Crippen LogP contribution in [0.1, 0.15) is 6.92 Å². The van der Waals surface area contributed by atoms with Gasteiger partial charge in [-0.1, -0.05) is 12.8 Å². The van der Waals surface area contributed by atoms with Gasteiger partial charge in [0.2, 0.25) is 0 Å². The fraction of sp³-hybridized carbons (Fsp3) is 0.750. The van der Waals surface area contributed by atoms with Gasteiger partial charge in [-0.3, -0.25) is 4.90 Å². The zero-order valence-electron chi connectivity index (χ0n) is 6.85. The first-order chi connectivity index (χ1) is 4.85. The Bertz CT molecular complexity index is 104. The molecular weight excluding hydrogens is 124 g/mol. The number of hydrogen-bond donors (Lipinski definition) is 1. The zero-order chi connectivity index (χ0) is 7.82. The van der Waals surface area contributed by atoms with E-state index in [-0.39, 0.29) is 0 Å². The molecule has 0 heterocycles. The standard InChI is InChI=1S/C8H16N2/c1-4-7-10(5-2)8-6-9-3/h1,9H,5-8H2,2-3H3. The number of terminal acetylenes is 1. The summed E-state index contributed by atoms with van der Waals surface area (Å²) in [5.41, 5.74) is 0. The first-order valence-electron chi connectivity index (χ1n) is 3.65. The highest BCUT2D eigenvalue weighted by Gasteiger charge is 1.96. The fourth-order valence-electron chi connectivity index (χ4n) is 0.748. The van der Waals surface area contributed by atoms with Crippen LogP contribution in [0.5, 0.6) is 0 Å². The first kappa shape index (κ1) is 9.48. The van der Waals surface area contributed by atoms with E-state index in [0.717, 1.165) is 26.2 Å². The number of nitrogens with one attached hydrogen (secondary N) is 1. The molecule has 0 fully saturated rings. The lowest BCUT2D eigenvalue weighted by atomic mass is 10.4. The largest absolute Gasteiger partial charge is 0.318 e. The molecule has 0 aromatic rings. The van der Waals surface area contributed by atoms with Gasteiger partial charge >= 0.3 is 0 Å². The Morgan fingerprint density at radius 1 is 1.60 bits per heavy atom. The van der Waals surface area contributed by atoms with Crippen LogP contribution in [0.25, 0.3) is 0 Å². The average Bonchev–Trinajstić information content (AvgIpc) is 1.98. The molecule has 0 amide bonds. The molecule has 0 rings (SSSR count). The second-order valence-electron chi connectivity index (χ2n) is 2.18. The molecule has 0 aliphatic heterocycles. The van der Waals surface area contributed by atoms with E-state index in [0.29, 0.717) is 0 Å². The summed E-state index contributed by atoms with van der Waals surface area (Å²) in [6, 6.07) is 0. The van der Waals surface area contributed by atoms with Gasteiger partial charge in [0, 0.05) is 13.1 Å². The van der Waals surface area contributed by atoms with Crippen molar-refractivity contribution in [3.8, 4) is 12.3 Å². The van der Waals surface area contributed by atoms with E-state index >= 15 is 0 Å². The Hall–Kier alpha value is -0.520. The number of nitrogens with zero attached hydrogens (tertiary/aromatic N) is 1. The fourth-order valence-corrected chi connectivity index (χ4v) is 0.748. The summed E-state index contributed by atoms with van der Waals surface area (Å²) in [6.45, 7) is 5.96. The summed E-state index contributed by atoms with van der Waals surface area (Å²) in [5, 5.41) is 3.08. The summed E-state index contributed by atoms with van der Waals surface area (Å²) >= 11 is 0. The van der Waals surface area contributed by atoms with Crippen LogP contribution < -0.4 is 5.32 Å². The first-order valence-corrected chi connectivity index (χ1v) is 3.65. The highest BCUT2D eigenvalue weighted by Crippen LogP contribution is 1.82. The maximum Gasteiger partial charge on any atom is 0.0599 e. The van der Waals surface area contributed by atoms with Gasteiger partial charge in [-0.25, -0.2) is 0 Å². The molecule has 0 saturated heterocycles. The molecule has 0 aliphatic rings. The van der Waals surface area contributed by atoms with Gasteiger partial charge in [0.25, 0.3) is 0 Å². The molecule has 0 radical (unpaired) electrons. The molecule has 0 saturated carbocycles. The molecule has 2 nitrogen and oxygen atoms in total. The summed E-state index contributed by atoms with van der Waals surface area (Å²) in [5.74, 6) is 2.63. The minimum Gasteiger partial charge on any atom is -0.318 e. The number of likely N-dealkylation sites (N-methyl/N-ethyl adjacent to an activating group) is 2. The van der Waals surface area contributed by atoms with Crippen molar-refractivity contribution in [2.75, 3.05) is 33.2 Å². The van der Waals surface area contributed by atoms with E-state index in [9.17, 15) is 0 Å². The zero-order valence-corrected chi connectivity index (χ0v) is 6.85. The molecule has 2 heteroatoms. The Morgan fingerprint density at radius 3 is 2.70 bits per heavy atom. The van der Waals surface area contributed by atoms with Crippen LogP contribution >= 0.6 is 0 Å². The van der Waals surface area contributed by atoms with Crippen LogP contribution in [0.4, 0.5) is 0 Å². The van der Waals surface area contributed by atoms with Crippen LogP contribution in [0.15, 0.2) is 0 Å². The van der Waals surface area contributed by atoms with Crippen molar-refractivity contribution in [1.82, 2.24) is 10.2 Å². The molecule has 0 aromatic heterocycles. The number of hydrogen-bond acceptors (Lipinski definition) is 2. The average molecular weight is 140 g/mol. The predicted octanol–water partition coefficient (Wildman–Crippen LogP) is 0.161. The van der Waals surface area contributed by atoms with Crippen molar-refractivity contribution in [3.05, 3.63) is 0 Å². The maximum absolute atomic E-state index is 5.16. The predicted molar refractivity (Wildman–Crippen MR) is 44.9 cm³/mol. The monoisotopic (exact) mass is 140 g/mol. The van der Waals surface area contributed by atoms with Crippen molar-refractivity contribution in [2.45, 2.75) is 6.92 Å². The van der Waals surface area contributed by atoms with Gasteiger partial charge in [0.05, 0.1) is 6.54 Å². The summed E-state index contributed by atoms with van der Waals surface area (Å²) in [7, 11) is 1.95. The molecule has 0 unspecified atom stereocenters. The second kappa shape index (κ2) is 6.60. The SMILES string of the molecule is C#CCN(CC)CCNC. The van der Waals surface area contributed by atoms with Gasteiger partial charge in [-0.15, -0.1) is 6.42 Å². The lowest BCUT2D eigenvalue weighted by molar-refractivity contribution is 0.325. The summed E-state index contributed by atoms with van der Waals surface area (Å²) in [4.78, 5) is 2.22. The molecule has 0 aromatic carbocycles. The van der Waals surface area contributed by atoms with Crippen molar-refractivity contribution in [1.29, 1.82) is 0 Å². The third-order valence-electron chi connectivity index (χ3n) is 1.44. The summed E-state index contributed by atoms with van der Waals surface area (Å²) < 4.78 is 0. The van der Waals surface area contributed by atoms with Crippen molar-refractivity contribution < 1.29 is 0 Å².